The lowest BCUT2D eigenvalue weighted by atomic mass is 9.92. The van der Waals surface area contributed by atoms with Gasteiger partial charge in [0.1, 0.15) is 0 Å². The maximum Gasteiger partial charge on any atom is 0.234 e. The largest absolute Gasteiger partial charge is 0.368 e. The zero-order valence-corrected chi connectivity index (χ0v) is 6.97. The van der Waals surface area contributed by atoms with Gasteiger partial charge in [-0.05, 0) is 19.3 Å². The second-order valence-corrected chi connectivity index (χ2v) is 3.16. The molecule has 1 rings (SSSR count). The lowest BCUT2D eigenvalue weighted by Gasteiger charge is -2.29. The van der Waals surface area contributed by atoms with Gasteiger partial charge in [0.15, 0.2) is 0 Å². The van der Waals surface area contributed by atoms with Crippen molar-refractivity contribution in [2.24, 2.45) is 5.73 Å². The van der Waals surface area contributed by atoms with Crippen molar-refractivity contribution in [2.45, 2.75) is 44.7 Å². The lowest BCUT2D eigenvalue weighted by Crippen LogP contribution is -2.48. The van der Waals surface area contributed by atoms with E-state index in [4.69, 9.17) is 5.73 Å². The van der Waals surface area contributed by atoms with Crippen molar-refractivity contribution >= 4 is 5.91 Å². The molecular weight excluding hydrogens is 140 g/mol. The molecule has 11 heavy (non-hydrogen) atoms. The number of nitrogens with one attached hydrogen (secondary N) is 1. The third-order valence-corrected chi connectivity index (χ3v) is 2.29. The lowest BCUT2D eigenvalue weighted by molar-refractivity contribution is -0.120. The monoisotopic (exact) mass is 156 g/mol. The normalized spacial score (nSPS) is 20.8. The smallest absolute Gasteiger partial charge is 0.234 e. The highest BCUT2D eigenvalue weighted by Crippen LogP contribution is 2.18. The number of carbonyl (C=O) groups excluding carboxylic acids is 1. The molecule has 0 aromatic rings. The summed E-state index contributed by atoms with van der Waals surface area (Å²) in [5.41, 5.74) is 5.17. The van der Waals surface area contributed by atoms with E-state index in [0.717, 1.165) is 6.42 Å². The summed E-state index contributed by atoms with van der Waals surface area (Å²) in [6, 6.07) is 0.438. The summed E-state index contributed by atoms with van der Waals surface area (Å²) in [7, 11) is 0. The van der Waals surface area contributed by atoms with Gasteiger partial charge in [0.2, 0.25) is 5.91 Å². The first-order chi connectivity index (χ1) is 5.24. The molecule has 0 spiro atoms. The van der Waals surface area contributed by atoms with Gasteiger partial charge in [-0.1, -0.05) is 13.3 Å². The van der Waals surface area contributed by atoms with Gasteiger partial charge in [0.05, 0.1) is 6.04 Å². The first-order valence-corrected chi connectivity index (χ1v) is 4.29. The number of carbonyl (C=O) groups is 1. The molecule has 1 atom stereocenters. The van der Waals surface area contributed by atoms with Crippen LogP contribution >= 0.6 is 0 Å². The van der Waals surface area contributed by atoms with Gasteiger partial charge in [-0.25, -0.2) is 0 Å². The van der Waals surface area contributed by atoms with E-state index >= 15 is 0 Å². The minimum atomic E-state index is -0.223. The Labute approximate surface area is 67.3 Å². The molecule has 0 aliphatic heterocycles. The summed E-state index contributed by atoms with van der Waals surface area (Å²) >= 11 is 0. The number of primary amides is 1. The van der Waals surface area contributed by atoms with E-state index in [1.54, 1.807) is 0 Å². The second kappa shape index (κ2) is 3.72. The van der Waals surface area contributed by atoms with Crippen LogP contribution in [0.1, 0.15) is 32.6 Å². The van der Waals surface area contributed by atoms with Crippen LogP contribution in [0.25, 0.3) is 0 Å². The van der Waals surface area contributed by atoms with Crippen molar-refractivity contribution in [3.8, 4) is 0 Å². The van der Waals surface area contributed by atoms with Crippen LogP contribution in [-0.2, 0) is 4.79 Å². The van der Waals surface area contributed by atoms with E-state index < -0.39 is 0 Å². The van der Waals surface area contributed by atoms with Crippen molar-refractivity contribution in [1.29, 1.82) is 0 Å². The Bertz CT molecular complexity index is 143. The third-order valence-electron chi connectivity index (χ3n) is 2.29. The van der Waals surface area contributed by atoms with E-state index in [9.17, 15) is 4.79 Å². The molecule has 0 bridgehead atoms. The Balaban J connectivity index is 2.24. The van der Waals surface area contributed by atoms with Gasteiger partial charge >= 0.3 is 0 Å². The number of rotatable bonds is 4. The molecule has 1 saturated carbocycles. The molecule has 3 N–H and O–H groups in total. The van der Waals surface area contributed by atoms with Crippen LogP contribution in [0, 0.1) is 0 Å². The molecule has 1 fully saturated rings. The molecular formula is C8H16N2O. The zero-order chi connectivity index (χ0) is 8.27. The summed E-state index contributed by atoms with van der Waals surface area (Å²) in [6.07, 6.45) is 4.48. The molecule has 1 aliphatic rings. The van der Waals surface area contributed by atoms with Crippen molar-refractivity contribution < 1.29 is 4.79 Å². The standard InChI is InChI=1S/C8H16N2O/c1-2-7(8(9)11)10-6-4-3-5-6/h6-7,10H,2-5H2,1H3,(H2,9,11). The predicted octanol–water partition coefficient (Wildman–Crippen LogP) is 0.392. The Morgan fingerprint density at radius 3 is 2.64 bits per heavy atom. The topological polar surface area (TPSA) is 55.1 Å². The quantitative estimate of drug-likeness (QED) is 0.618. The molecule has 0 aromatic carbocycles. The van der Waals surface area contributed by atoms with E-state index in [-0.39, 0.29) is 11.9 Å². The van der Waals surface area contributed by atoms with Crippen molar-refractivity contribution in [3.63, 3.8) is 0 Å². The Morgan fingerprint density at radius 1 is 1.73 bits per heavy atom. The molecule has 3 heteroatoms. The van der Waals surface area contributed by atoms with Crippen LogP contribution < -0.4 is 11.1 Å². The van der Waals surface area contributed by atoms with Gasteiger partial charge in [-0.3, -0.25) is 4.79 Å². The molecule has 0 heterocycles. The van der Waals surface area contributed by atoms with Crippen LogP contribution in [-0.4, -0.2) is 18.0 Å². The average molecular weight is 156 g/mol. The van der Waals surface area contributed by atoms with E-state index in [1.807, 2.05) is 6.92 Å². The van der Waals surface area contributed by atoms with Crippen LogP contribution in [0.15, 0.2) is 0 Å². The average Bonchev–Trinajstić information content (AvgIpc) is 1.85. The van der Waals surface area contributed by atoms with Gasteiger partial charge in [-0.2, -0.15) is 0 Å². The van der Waals surface area contributed by atoms with Crippen molar-refractivity contribution in [1.82, 2.24) is 5.32 Å². The molecule has 64 valence electrons. The summed E-state index contributed by atoms with van der Waals surface area (Å²) in [5.74, 6) is -0.223. The summed E-state index contributed by atoms with van der Waals surface area (Å²) < 4.78 is 0. The molecule has 0 saturated heterocycles. The van der Waals surface area contributed by atoms with E-state index in [2.05, 4.69) is 5.32 Å². The number of hydrogen-bond acceptors (Lipinski definition) is 2. The minimum Gasteiger partial charge on any atom is -0.368 e. The Morgan fingerprint density at radius 2 is 2.36 bits per heavy atom. The summed E-state index contributed by atoms with van der Waals surface area (Å²) in [5, 5.41) is 3.23. The SMILES string of the molecule is CCC(NC1CCC1)C(N)=O. The summed E-state index contributed by atoms with van der Waals surface area (Å²) in [6.45, 7) is 1.97. The molecule has 3 nitrogen and oxygen atoms in total. The fraction of sp³-hybridized carbons (Fsp3) is 0.875. The Kier molecular flexibility index (Phi) is 2.88. The van der Waals surface area contributed by atoms with Gasteiger partial charge in [-0.15, -0.1) is 0 Å². The molecule has 0 radical (unpaired) electrons. The van der Waals surface area contributed by atoms with Gasteiger partial charge < -0.3 is 11.1 Å². The number of hydrogen-bond donors (Lipinski definition) is 2. The van der Waals surface area contributed by atoms with Gasteiger partial charge in [0.25, 0.3) is 0 Å². The molecule has 1 unspecified atom stereocenters. The zero-order valence-electron chi connectivity index (χ0n) is 6.97. The van der Waals surface area contributed by atoms with Crippen molar-refractivity contribution in [2.75, 3.05) is 0 Å². The number of amides is 1. The fourth-order valence-corrected chi connectivity index (χ4v) is 1.26. The first kappa shape index (κ1) is 8.53. The molecule has 1 aliphatic carbocycles. The highest BCUT2D eigenvalue weighted by Gasteiger charge is 2.22. The predicted molar refractivity (Wildman–Crippen MR) is 44.0 cm³/mol. The highest BCUT2D eigenvalue weighted by atomic mass is 16.1. The Hall–Kier alpha value is -0.570. The van der Waals surface area contributed by atoms with Crippen LogP contribution in [0.3, 0.4) is 0 Å². The van der Waals surface area contributed by atoms with Gasteiger partial charge in [0, 0.05) is 6.04 Å². The van der Waals surface area contributed by atoms with E-state index in [1.165, 1.54) is 19.3 Å². The second-order valence-electron chi connectivity index (χ2n) is 3.16. The van der Waals surface area contributed by atoms with Crippen LogP contribution in [0.2, 0.25) is 0 Å². The summed E-state index contributed by atoms with van der Waals surface area (Å²) in [4.78, 5) is 10.8. The van der Waals surface area contributed by atoms with Crippen molar-refractivity contribution in [3.05, 3.63) is 0 Å². The molecule has 0 aromatic heterocycles. The van der Waals surface area contributed by atoms with E-state index in [0.29, 0.717) is 6.04 Å². The van der Waals surface area contributed by atoms with Crippen LogP contribution in [0.5, 0.6) is 0 Å². The fourth-order valence-electron chi connectivity index (χ4n) is 1.26. The highest BCUT2D eigenvalue weighted by molar-refractivity contribution is 5.79. The number of nitrogens with two attached hydrogens (primary N) is 1. The maximum absolute atomic E-state index is 10.8. The van der Waals surface area contributed by atoms with Crippen LogP contribution in [0.4, 0.5) is 0 Å². The maximum atomic E-state index is 10.8. The minimum absolute atomic E-state index is 0.111. The third kappa shape index (κ3) is 2.19. The molecule has 1 amide bonds. The first-order valence-electron chi connectivity index (χ1n) is 4.29.